The van der Waals surface area contributed by atoms with Gasteiger partial charge in [-0.2, -0.15) is 0 Å². The number of hydrogen-bond donors (Lipinski definition) is 2. The minimum atomic E-state index is -1.27. The van der Waals surface area contributed by atoms with Crippen molar-refractivity contribution >= 4 is 23.5 Å². The molecule has 0 unspecified atom stereocenters. The van der Waals surface area contributed by atoms with E-state index in [1.807, 2.05) is 13.8 Å². The molecule has 0 fully saturated rings. The Bertz CT molecular complexity index is 859. The molecule has 0 saturated carbocycles. The summed E-state index contributed by atoms with van der Waals surface area (Å²) in [5.74, 6) is -2.96. The summed E-state index contributed by atoms with van der Waals surface area (Å²) in [6.07, 6.45) is 1.73. The van der Waals surface area contributed by atoms with Gasteiger partial charge in [0.2, 0.25) is 0 Å². The smallest absolute Gasteiger partial charge is 0.335 e. The Kier molecular flexibility index (Phi) is 7.26. The highest BCUT2D eigenvalue weighted by molar-refractivity contribution is 6.05. The number of nitrogens with one attached hydrogen (secondary N) is 1. The number of aromatic carboxylic acids is 1. The second kappa shape index (κ2) is 9.64. The van der Waals surface area contributed by atoms with Crippen molar-refractivity contribution in [2.45, 2.75) is 26.7 Å². The van der Waals surface area contributed by atoms with E-state index < -0.39 is 17.7 Å². The number of nitrogens with zero attached hydrogens (tertiary/aromatic N) is 1. The fourth-order valence-electron chi connectivity index (χ4n) is 2.76. The van der Waals surface area contributed by atoms with E-state index >= 15 is 0 Å². The van der Waals surface area contributed by atoms with Crippen LogP contribution in [0, 0.1) is 5.82 Å². The number of rotatable bonds is 8. The van der Waals surface area contributed by atoms with Crippen LogP contribution in [0.3, 0.4) is 0 Å². The summed E-state index contributed by atoms with van der Waals surface area (Å²) < 4.78 is 14.0. The van der Waals surface area contributed by atoms with Crippen LogP contribution in [0.5, 0.6) is 0 Å². The van der Waals surface area contributed by atoms with E-state index in [9.17, 15) is 18.8 Å². The van der Waals surface area contributed by atoms with Crippen LogP contribution in [0.25, 0.3) is 0 Å². The monoisotopic (exact) mass is 386 g/mol. The van der Waals surface area contributed by atoms with Crippen molar-refractivity contribution in [3.8, 4) is 0 Å². The molecule has 2 aromatic carbocycles. The van der Waals surface area contributed by atoms with Gasteiger partial charge < -0.3 is 15.3 Å². The summed E-state index contributed by atoms with van der Waals surface area (Å²) in [6.45, 7) is 5.38. The van der Waals surface area contributed by atoms with E-state index in [0.29, 0.717) is 24.3 Å². The molecule has 2 aromatic rings. The highest BCUT2D eigenvalue weighted by Gasteiger charge is 2.16. The zero-order valence-corrected chi connectivity index (χ0v) is 15.9. The van der Waals surface area contributed by atoms with Crippen LogP contribution >= 0.6 is 0 Å². The van der Waals surface area contributed by atoms with Gasteiger partial charge in [0.15, 0.2) is 0 Å². The predicted octanol–water partition coefficient (Wildman–Crippen LogP) is 4.04. The third kappa shape index (κ3) is 5.16. The van der Waals surface area contributed by atoms with Gasteiger partial charge >= 0.3 is 5.97 Å². The Labute approximate surface area is 163 Å². The van der Waals surface area contributed by atoms with Crippen LogP contribution in [0.2, 0.25) is 0 Å². The normalized spacial score (nSPS) is 10.4. The zero-order valence-electron chi connectivity index (χ0n) is 15.9. The number of amides is 2. The third-order valence-corrected chi connectivity index (χ3v) is 4.12. The van der Waals surface area contributed by atoms with Crippen molar-refractivity contribution in [3.63, 3.8) is 0 Å². The molecule has 148 valence electrons. The van der Waals surface area contributed by atoms with Gasteiger partial charge in [0.05, 0.1) is 11.1 Å². The van der Waals surface area contributed by atoms with Crippen LogP contribution in [0.4, 0.5) is 10.1 Å². The second-order valence-electron chi connectivity index (χ2n) is 6.32. The SMILES string of the molecule is CCCN(CCC)C(=O)c1ccc(NC(=O)c2ccc(C(=O)O)cc2F)cc1. The van der Waals surface area contributed by atoms with Gasteiger partial charge in [0.25, 0.3) is 11.8 Å². The fraction of sp³-hybridized carbons (Fsp3) is 0.286. The molecule has 28 heavy (non-hydrogen) atoms. The fourth-order valence-corrected chi connectivity index (χ4v) is 2.76. The number of carboxylic acid groups (broad SMARTS) is 1. The molecule has 2 N–H and O–H groups in total. The van der Waals surface area contributed by atoms with E-state index in [0.717, 1.165) is 31.0 Å². The minimum Gasteiger partial charge on any atom is -0.478 e. The van der Waals surface area contributed by atoms with Gasteiger partial charge in [-0.1, -0.05) is 13.8 Å². The molecule has 0 spiro atoms. The molecule has 0 aliphatic heterocycles. The van der Waals surface area contributed by atoms with Gasteiger partial charge in [-0.05, 0) is 55.3 Å². The molecule has 0 atom stereocenters. The topological polar surface area (TPSA) is 86.7 Å². The van der Waals surface area contributed by atoms with E-state index in [1.165, 1.54) is 0 Å². The number of carbonyl (C=O) groups excluding carboxylic acids is 2. The minimum absolute atomic E-state index is 0.0723. The molecular weight excluding hydrogens is 363 g/mol. The Morgan fingerprint density at radius 2 is 1.54 bits per heavy atom. The summed E-state index contributed by atoms with van der Waals surface area (Å²) in [5.41, 5.74) is 0.417. The summed E-state index contributed by atoms with van der Waals surface area (Å²) in [4.78, 5) is 37.4. The van der Waals surface area contributed by atoms with Crippen molar-refractivity contribution in [2.24, 2.45) is 0 Å². The van der Waals surface area contributed by atoms with Crippen LogP contribution in [-0.2, 0) is 0 Å². The molecule has 6 nitrogen and oxygen atoms in total. The van der Waals surface area contributed by atoms with E-state index in [-0.39, 0.29) is 17.0 Å². The third-order valence-electron chi connectivity index (χ3n) is 4.12. The molecule has 0 bridgehead atoms. The Morgan fingerprint density at radius 1 is 0.964 bits per heavy atom. The number of carbonyl (C=O) groups is 3. The number of halogens is 1. The van der Waals surface area contributed by atoms with Gasteiger partial charge in [-0.25, -0.2) is 9.18 Å². The maximum absolute atomic E-state index is 14.0. The Morgan fingerprint density at radius 3 is 2.04 bits per heavy atom. The lowest BCUT2D eigenvalue weighted by Crippen LogP contribution is -2.32. The molecule has 2 rings (SSSR count). The Balaban J connectivity index is 2.10. The van der Waals surface area contributed by atoms with Crippen LogP contribution in [-0.4, -0.2) is 40.9 Å². The van der Waals surface area contributed by atoms with Gasteiger partial charge in [0.1, 0.15) is 5.82 Å². The van der Waals surface area contributed by atoms with Crippen molar-refractivity contribution in [2.75, 3.05) is 18.4 Å². The van der Waals surface area contributed by atoms with E-state index in [2.05, 4.69) is 5.32 Å². The summed E-state index contributed by atoms with van der Waals surface area (Å²) >= 11 is 0. The first-order valence-corrected chi connectivity index (χ1v) is 9.10. The Hall–Kier alpha value is -3.22. The predicted molar refractivity (Wildman–Crippen MR) is 104 cm³/mol. The number of carboxylic acids is 1. The van der Waals surface area contributed by atoms with Gasteiger partial charge in [0, 0.05) is 24.3 Å². The first-order valence-electron chi connectivity index (χ1n) is 9.10. The van der Waals surface area contributed by atoms with Crippen LogP contribution in [0.1, 0.15) is 57.8 Å². The van der Waals surface area contributed by atoms with E-state index in [4.69, 9.17) is 5.11 Å². The average Bonchev–Trinajstić information content (AvgIpc) is 2.67. The number of anilines is 1. The van der Waals surface area contributed by atoms with Crippen molar-refractivity contribution in [1.82, 2.24) is 4.90 Å². The standard InChI is InChI=1S/C21H23FN2O4/c1-3-11-24(12-4-2)20(26)14-5-8-16(9-6-14)23-19(25)17-10-7-15(21(27)28)13-18(17)22/h5-10,13H,3-4,11-12H2,1-2H3,(H,23,25)(H,27,28). The summed E-state index contributed by atoms with van der Waals surface area (Å²) in [7, 11) is 0. The molecule has 0 heterocycles. The molecule has 2 amide bonds. The highest BCUT2D eigenvalue weighted by atomic mass is 19.1. The second-order valence-corrected chi connectivity index (χ2v) is 6.32. The highest BCUT2D eigenvalue weighted by Crippen LogP contribution is 2.16. The molecule has 7 heteroatoms. The molecular formula is C21H23FN2O4. The first kappa shape index (κ1) is 21.1. The molecule has 0 aromatic heterocycles. The molecule has 0 aliphatic carbocycles. The van der Waals surface area contributed by atoms with Crippen molar-refractivity contribution < 1.29 is 23.9 Å². The lowest BCUT2D eigenvalue weighted by molar-refractivity contribution is 0.0694. The van der Waals surface area contributed by atoms with Crippen LogP contribution < -0.4 is 5.32 Å². The molecule has 0 radical (unpaired) electrons. The summed E-state index contributed by atoms with van der Waals surface area (Å²) in [6, 6.07) is 9.46. The maximum atomic E-state index is 14.0. The lowest BCUT2D eigenvalue weighted by atomic mass is 10.1. The lowest BCUT2D eigenvalue weighted by Gasteiger charge is -2.21. The number of hydrogen-bond acceptors (Lipinski definition) is 3. The zero-order chi connectivity index (χ0) is 20.7. The first-order chi connectivity index (χ1) is 13.4. The maximum Gasteiger partial charge on any atom is 0.335 e. The number of benzene rings is 2. The summed E-state index contributed by atoms with van der Waals surface area (Å²) in [5, 5.41) is 11.4. The molecule has 0 saturated heterocycles. The largest absolute Gasteiger partial charge is 0.478 e. The van der Waals surface area contributed by atoms with Crippen LogP contribution in [0.15, 0.2) is 42.5 Å². The van der Waals surface area contributed by atoms with Crippen molar-refractivity contribution in [1.29, 1.82) is 0 Å². The quantitative estimate of drug-likeness (QED) is 0.717. The van der Waals surface area contributed by atoms with Gasteiger partial charge in [-0.3, -0.25) is 9.59 Å². The molecule has 0 aliphatic rings. The van der Waals surface area contributed by atoms with E-state index in [1.54, 1.807) is 29.2 Å². The van der Waals surface area contributed by atoms with Crippen molar-refractivity contribution in [3.05, 3.63) is 65.0 Å². The average molecular weight is 386 g/mol. The van der Waals surface area contributed by atoms with Gasteiger partial charge in [-0.15, -0.1) is 0 Å².